The number of rotatable bonds is 4. The molecule has 1 amide bonds. The van der Waals surface area contributed by atoms with E-state index >= 15 is 0 Å². The molecular formula is C11H16ClNO. The first-order chi connectivity index (χ1) is 6.33. The lowest BCUT2D eigenvalue weighted by molar-refractivity contribution is -0.116. The van der Waals surface area contributed by atoms with Crippen LogP contribution in [0.15, 0.2) is 30.3 Å². The van der Waals surface area contributed by atoms with E-state index in [0.29, 0.717) is 6.42 Å². The minimum absolute atomic E-state index is 0. The highest BCUT2D eigenvalue weighted by Crippen LogP contribution is 2.06. The van der Waals surface area contributed by atoms with Crippen molar-refractivity contribution in [3.05, 3.63) is 30.3 Å². The molecule has 0 bridgehead atoms. The fourth-order valence-corrected chi connectivity index (χ4v) is 1.08. The minimum atomic E-state index is 0. The highest BCUT2D eigenvalue weighted by molar-refractivity contribution is 5.90. The topological polar surface area (TPSA) is 29.1 Å². The van der Waals surface area contributed by atoms with Gasteiger partial charge in [0.15, 0.2) is 0 Å². The molecule has 0 aliphatic carbocycles. The number of hydrogen-bond acceptors (Lipinski definition) is 1. The largest absolute Gasteiger partial charge is 0.326 e. The van der Waals surface area contributed by atoms with Gasteiger partial charge in [0.05, 0.1) is 0 Å². The molecule has 0 spiro atoms. The van der Waals surface area contributed by atoms with Gasteiger partial charge in [-0.25, -0.2) is 0 Å². The van der Waals surface area contributed by atoms with Crippen LogP contribution in [0, 0.1) is 0 Å². The van der Waals surface area contributed by atoms with Gasteiger partial charge in [-0.05, 0) is 18.6 Å². The van der Waals surface area contributed by atoms with Crippen molar-refractivity contribution in [3.63, 3.8) is 0 Å². The van der Waals surface area contributed by atoms with Crippen molar-refractivity contribution in [3.8, 4) is 0 Å². The van der Waals surface area contributed by atoms with Crippen LogP contribution in [0.5, 0.6) is 0 Å². The van der Waals surface area contributed by atoms with Gasteiger partial charge in [-0.1, -0.05) is 31.5 Å². The summed E-state index contributed by atoms with van der Waals surface area (Å²) in [5.74, 6) is 0.105. The minimum Gasteiger partial charge on any atom is -0.326 e. The van der Waals surface area contributed by atoms with E-state index in [1.165, 1.54) is 0 Å². The zero-order valence-corrected chi connectivity index (χ0v) is 9.14. The van der Waals surface area contributed by atoms with Crippen LogP contribution in [0.1, 0.15) is 26.2 Å². The summed E-state index contributed by atoms with van der Waals surface area (Å²) in [5, 5.41) is 2.84. The van der Waals surface area contributed by atoms with Crippen molar-refractivity contribution >= 4 is 24.0 Å². The molecule has 1 rings (SSSR count). The Morgan fingerprint density at radius 2 is 1.93 bits per heavy atom. The van der Waals surface area contributed by atoms with Crippen LogP contribution in [0.25, 0.3) is 0 Å². The summed E-state index contributed by atoms with van der Waals surface area (Å²) in [5.41, 5.74) is 0.878. The van der Waals surface area contributed by atoms with Crippen LogP contribution in [0.2, 0.25) is 0 Å². The van der Waals surface area contributed by atoms with E-state index in [9.17, 15) is 4.79 Å². The molecule has 0 radical (unpaired) electrons. The standard InChI is InChI=1S/C11H15NO.ClH/c1-2-3-9-11(13)12-10-7-5-4-6-8-10;/h4-8H,2-3,9H2,1H3,(H,12,13);1H. The number of benzene rings is 1. The van der Waals surface area contributed by atoms with Gasteiger partial charge in [-0.3, -0.25) is 4.79 Å². The summed E-state index contributed by atoms with van der Waals surface area (Å²) in [6, 6.07) is 9.54. The lowest BCUT2D eigenvalue weighted by atomic mass is 10.2. The zero-order chi connectivity index (χ0) is 9.52. The van der Waals surface area contributed by atoms with Crippen molar-refractivity contribution in [2.45, 2.75) is 26.2 Å². The fraction of sp³-hybridized carbons (Fsp3) is 0.364. The first-order valence-corrected chi connectivity index (χ1v) is 4.68. The van der Waals surface area contributed by atoms with Crippen molar-refractivity contribution in [1.82, 2.24) is 0 Å². The third-order valence-electron chi connectivity index (χ3n) is 1.81. The lowest BCUT2D eigenvalue weighted by Crippen LogP contribution is -2.10. The summed E-state index contributed by atoms with van der Waals surface area (Å²) in [7, 11) is 0. The highest BCUT2D eigenvalue weighted by atomic mass is 35.5. The maximum Gasteiger partial charge on any atom is 0.224 e. The molecule has 3 heteroatoms. The number of anilines is 1. The first-order valence-electron chi connectivity index (χ1n) is 4.68. The number of unbranched alkanes of at least 4 members (excludes halogenated alkanes) is 1. The second-order valence-electron chi connectivity index (χ2n) is 3.02. The van der Waals surface area contributed by atoms with Gasteiger partial charge in [0, 0.05) is 12.1 Å². The molecule has 0 aromatic heterocycles. The van der Waals surface area contributed by atoms with Crippen molar-refractivity contribution in [1.29, 1.82) is 0 Å². The molecule has 1 N–H and O–H groups in total. The molecule has 0 atom stereocenters. The molecule has 1 aromatic rings. The normalized spacial score (nSPS) is 8.93. The SMILES string of the molecule is CCCCC(=O)Nc1ccccc1.Cl. The number of halogens is 1. The van der Waals surface area contributed by atoms with Crippen LogP contribution >= 0.6 is 12.4 Å². The third kappa shape index (κ3) is 4.87. The Morgan fingerprint density at radius 1 is 1.29 bits per heavy atom. The zero-order valence-electron chi connectivity index (χ0n) is 8.32. The Labute approximate surface area is 91.1 Å². The molecule has 0 aliphatic rings. The Bertz CT molecular complexity index is 261. The maximum absolute atomic E-state index is 11.3. The van der Waals surface area contributed by atoms with Crippen LogP contribution in [-0.2, 0) is 4.79 Å². The van der Waals surface area contributed by atoms with Gasteiger partial charge in [-0.15, -0.1) is 12.4 Å². The monoisotopic (exact) mass is 213 g/mol. The molecular weight excluding hydrogens is 198 g/mol. The number of para-hydroxylation sites is 1. The number of nitrogens with one attached hydrogen (secondary N) is 1. The maximum atomic E-state index is 11.3. The van der Waals surface area contributed by atoms with Crippen molar-refractivity contribution in [2.24, 2.45) is 0 Å². The number of amides is 1. The van der Waals surface area contributed by atoms with Crippen LogP contribution in [0.4, 0.5) is 5.69 Å². The van der Waals surface area contributed by atoms with E-state index in [2.05, 4.69) is 12.2 Å². The van der Waals surface area contributed by atoms with E-state index in [1.54, 1.807) is 0 Å². The van der Waals surface area contributed by atoms with Crippen molar-refractivity contribution < 1.29 is 4.79 Å². The smallest absolute Gasteiger partial charge is 0.224 e. The second kappa shape index (κ2) is 7.39. The molecule has 0 aliphatic heterocycles. The van der Waals surface area contributed by atoms with Crippen molar-refractivity contribution in [2.75, 3.05) is 5.32 Å². The van der Waals surface area contributed by atoms with Gasteiger partial charge < -0.3 is 5.32 Å². The summed E-state index contributed by atoms with van der Waals surface area (Å²) in [6.45, 7) is 2.08. The molecule has 0 unspecified atom stereocenters. The van der Waals surface area contributed by atoms with E-state index < -0.39 is 0 Å². The highest BCUT2D eigenvalue weighted by Gasteiger charge is 1.99. The molecule has 0 fully saturated rings. The number of hydrogen-bond donors (Lipinski definition) is 1. The average molecular weight is 214 g/mol. The molecule has 0 heterocycles. The predicted molar refractivity (Wildman–Crippen MR) is 61.8 cm³/mol. The summed E-state index contributed by atoms with van der Waals surface area (Å²) >= 11 is 0. The second-order valence-corrected chi connectivity index (χ2v) is 3.02. The van der Waals surface area contributed by atoms with Crippen LogP contribution < -0.4 is 5.32 Å². The van der Waals surface area contributed by atoms with Gasteiger partial charge in [0.1, 0.15) is 0 Å². The Balaban J connectivity index is 0.00000169. The molecule has 0 saturated carbocycles. The fourth-order valence-electron chi connectivity index (χ4n) is 1.08. The Hall–Kier alpha value is -1.02. The lowest BCUT2D eigenvalue weighted by Gasteiger charge is -2.03. The summed E-state index contributed by atoms with van der Waals surface area (Å²) < 4.78 is 0. The molecule has 0 saturated heterocycles. The van der Waals surface area contributed by atoms with Gasteiger partial charge in [-0.2, -0.15) is 0 Å². The molecule has 78 valence electrons. The molecule has 1 aromatic carbocycles. The Morgan fingerprint density at radius 3 is 2.50 bits per heavy atom. The predicted octanol–water partition coefficient (Wildman–Crippen LogP) is 3.24. The third-order valence-corrected chi connectivity index (χ3v) is 1.81. The summed E-state index contributed by atoms with van der Waals surface area (Å²) in [4.78, 5) is 11.3. The van der Waals surface area contributed by atoms with E-state index in [0.717, 1.165) is 18.5 Å². The summed E-state index contributed by atoms with van der Waals surface area (Å²) in [6.07, 6.45) is 2.63. The van der Waals surface area contributed by atoms with Crippen LogP contribution in [-0.4, -0.2) is 5.91 Å². The Kier molecular flexibility index (Phi) is 6.85. The number of carbonyl (C=O) groups is 1. The van der Waals surface area contributed by atoms with E-state index in [1.807, 2.05) is 30.3 Å². The number of carbonyl (C=O) groups excluding carboxylic acids is 1. The van der Waals surface area contributed by atoms with E-state index in [4.69, 9.17) is 0 Å². The quantitative estimate of drug-likeness (QED) is 0.818. The van der Waals surface area contributed by atoms with Crippen LogP contribution in [0.3, 0.4) is 0 Å². The first kappa shape index (κ1) is 13.0. The average Bonchev–Trinajstić information content (AvgIpc) is 2.16. The van der Waals surface area contributed by atoms with Gasteiger partial charge >= 0.3 is 0 Å². The van der Waals surface area contributed by atoms with Gasteiger partial charge in [0.25, 0.3) is 0 Å². The van der Waals surface area contributed by atoms with Gasteiger partial charge in [0.2, 0.25) is 5.91 Å². The molecule has 14 heavy (non-hydrogen) atoms. The van der Waals surface area contributed by atoms with E-state index in [-0.39, 0.29) is 18.3 Å². The molecule has 2 nitrogen and oxygen atoms in total.